The van der Waals surface area contributed by atoms with E-state index in [2.05, 4.69) is 16.5 Å². The molecule has 1 aromatic rings. The lowest BCUT2D eigenvalue weighted by Crippen LogP contribution is -2.24. The highest BCUT2D eigenvalue weighted by molar-refractivity contribution is 5.05. The van der Waals surface area contributed by atoms with E-state index in [-0.39, 0.29) is 12.6 Å². The van der Waals surface area contributed by atoms with Gasteiger partial charge in [0.1, 0.15) is 0 Å². The molecule has 0 radical (unpaired) electrons. The summed E-state index contributed by atoms with van der Waals surface area (Å²) in [4.78, 5) is 4.14. The topological polar surface area (TPSA) is 64.1 Å². The fourth-order valence-electron chi connectivity index (χ4n) is 2.66. The van der Waals surface area contributed by atoms with Crippen LogP contribution in [0.15, 0.2) is 12.5 Å². The van der Waals surface area contributed by atoms with Gasteiger partial charge in [0, 0.05) is 12.7 Å². The van der Waals surface area contributed by atoms with Crippen LogP contribution < -0.4 is 5.73 Å². The lowest BCUT2D eigenvalue weighted by atomic mass is 9.88. The van der Waals surface area contributed by atoms with Crippen LogP contribution in [0.1, 0.15) is 44.3 Å². The molecular weight excluding hydrogens is 202 g/mol. The number of nitrogens with zero attached hydrogens (tertiary/aromatic N) is 2. The zero-order valence-electron chi connectivity index (χ0n) is 9.89. The molecule has 1 atom stereocenters. The molecule has 4 heteroatoms. The molecule has 0 aromatic carbocycles. The fraction of sp³-hybridized carbons (Fsp3) is 0.750. The van der Waals surface area contributed by atoms with Crippen LogP contribution in [0.25, 0.3) is 0 Å². The highest BCUT2D eigenvalue weighted by Crippen LogP contribution is 2.39. The summed E-state index contributed by atoms with van der Waals surface area (Å²) in [5.41, 5.74) is 7.17. The summed E-state index contributed by atoms with van der Waals surface area (Å²) >= 11 is 0. The molecule has 1 fully saturated rings. The predicted molar refractivity (Wildman–Crippen MR) is 62.8 cm³/mol. The molecule has 0 amide bonds. The number of hydrogen-bond donors (Lipinski definition) is 2. The molecule has 1 heterocycles. The van der Waals surface area contributed by atoms with Gasteiger partial charge in [-0.05, 0) is 18.3 Å². The standard InChI is InChI=1S/C12H21N3O/c1-12(4-2-3-5-12)8-15-9-14-6-11(15)10(13)7-16/h6,9-10,16H,2-5,7-8,13H2,1H3. The lowest BCUT2D eigenvalue weighted by Gasteiger charge is -2.25. The molecule has 2 rings (SSSR count). The van der Waals surface area contributed by atoms with Crippen molar-refractivity contribution >= 4 is 0 Å². The minimum atomic E-state index is -0.312. The van der Waals surface area contributed by atoms with Crippen molar-refractivity contribution in [2.24, 2.45) is 11.1 Å². The van der Waals surface area contributed by atoms with Crippen molar-refractivity contribution in [3.8, 4) is 0 Å². The highest BCUT2D eigenvalue weighted by Gasteiger charge is 2.29. The number of aromatic nitrogens is 2. The third-order valence-corrected chi connectivity index (χ3v) is 3.68. The van der Waals surface area contributed by atoms with E-state index in [9.17, 15) is 0 Å². The van der Waals surface area contributed by atoms with Gasteiger partial charge in [-0.15, -0.1) is 0 Å². The maximum absolute atomic E-state index is 9.09. The Labute approximate surface area is 96.5 Å². The number of hydrogen-bond acceptors (Lipinski definition) is 3. The molecule has 0 spiro atoms. The van der Waals surface area contributed by atoms with Crippen LogP contribution in [0, 0.1) is 5.41 Å². The van der Waals surface area contributed by atoms with Crippen LogP contribution in [-0.2, 0) is 6.54 Å². The first kappa shape index (κ1) is 11.6. The van der Waals surface area contributed by atoms with Gasteiger partial charge in [-0.2, -0.15) is 0 Å². The zero-order chi connectivity index (χ0) is 11.6. The first-order valence-corrected chi connectivity index (χ1v) is 6.01. The molecule has 16 heavy (non-hydrogen) atoms. The van der Waals surface area contributed by atoms with Gasteiger partial charge < -0.3 is 15.4 Å². The minimum absolute atomic E-state index is 0.0254. The summed E-state index contributed by atoms with van der Waals surface area (Å²) in [5, 5.41) is 9.09. The molecular formula is C12H21N3O. The summed E-state index contributed by atoms with van der Waals surface area (Å²) in [7, 11) is 0. The Bertz CT molecular complexity index is 342. The number of imidazole rings is 1. The van der Waals surface area contributed by atoms with Crippen molar-refractivity contribution in [2.75, 3.05) is 6.61 Å². The van der Waals surface area contributed by atoms with E-state index >= 15 is 0 Å². The Kier molecular flexibility index (Phi) is 3.30. The van der Waals surface area contributed by atoms with Crippen molar-refractivity contribution < 1.29 is 5.11 Å². The fourth-order valence-corrected chi connectivity index (χ4v) is 2.66. The van der Waals surface area contributed by atoms with Gasteiger partial charge in [-0.25, -0.2) is 4.98 Å². The predicted octanol–water partition coefficient (Wildman–Crippen LogP) is 1.46. The van der Waals surface area contributed by atoms with Gasteiger partial charge in [-0.3, -0.25) is 0 Å². The number of nitrogens with two attached hydrogens (primary N) is 1. The van der Waals surface area contributed by atoms with Crippen molar-refractivity contribution in [1.29, 1.82) is 0 Å². The lowest BCUT2D eigenvalue weighted by molar-refractivity contribution is 0.248. The van der Waals surface area contributed by atoms with Crippen LogP contribution >= 0.6 is 0 Å². The van der Waals surface area contributed by atoms with E-state index in [0.717, 1.165) is 12.2 Å². The number of aliphatic hydroxyl groups excluding tert-OH is 1. The monoisotopic (exact) mass is 223 g/mol. The van der Waals surface area contributed by atoms with Crippen LogP contribution in [-0.4, -0.2) is 21.3 Å². The van der Waals surface area contributed by atoms with E-state index in [4.69, 9.17) is 10.8 Å². The van der Waals surface area contributed by atoms with Gasteiger partial charge >= 0.3 is 0 Å². The van der Waals surface area contributed by atoms with Gasteiger partial charge in [0.15, 0.2) is 0 Å². The average molecular weight is 223 g/mol. The van der Waals surface area contributed by atoms with Crippen molar-refractivity contribution in [2.45, 2.75) is 45.2 Å². The molecule has 1 saturated carbocycles. The Hall–Kier alpha value is -0.870. The second-order valence-corrected chi connectivity index (χ2v) is 5.25. The molecule has 1 aromatic heterocycles. The summed E-state index contributed by atoms with van der Waals surface area (Å²) in [6.45, 7) is 3.27. The SMILES string of the molecule is CC1(Cn2cncc2C(N)CO)CCCC1. The summed E-state index contributed by atoms with van der Waals surface area (Å²) in [6.07, 6.45) is 8.80. The average Bonchev–Trinajstić information content (AvgIpc) is 2.87. The van der Waals surface area contributed by atoms with Crippen LogP contribution in [0.5, 0.6) is 0 Å². The summed E-state index contributed by atoms with van der Waals surface area (Å²) < 4.78 is 2.10. The molecule has 1 aliphatic rings. The molecule has 0 saturated heterocycles. The Morgan fingerprint density at radius 2 is 2.25 bits per heavy atom. The first-order chi connectivity index (χ1) is 7.64. The van der Waals surface area contributed by atoms with Crippen LogP contribution in [0.3, 0.4) is 0 Å². The molecule has 1 unspecified atom stereocenters. The van der Waals surface area contributed by atoms with Crippen LogP contribution in [0.4, 0.5) is 0 Å². The van der Waals surface area contributed by atoms with Crippen molar-refractivity contribution in [3.63, 3.8) is 0 Å². The normalized spacial score (nSPS) is 21.2. The second kappa shape index (κ2) is 4.55. The minimum Gasteiger partial charge on any atom is -0.394 e. The zero-order valence-corrected chi connectivity index (χ0v) is 9.89. The quantitative estimate of drug-likeness (QED) is 0.812. The summed E-state index contributed by atoms with van der Waals surface area (Å²) in [6, 6.07) is -0.312. The van der Waals surface area contributed by atoms with E-state index in [1.54, 1.807) is 6.20 Å². The van der Waals surface area contributed by atoms with Gasteiger partial charge in [0.2, 0.25) is 0 Å². The molecule has 4 nitrogen and oxygen atoms in total. The second-order valence-electron chi connectivity index (χ2n) is 5.25. The first-order valence-electron chi connectivity index (χ1n) is 6.01. The molecule has 3 N–H and O–H groups in total. The highest BCUT2D eigenvalue weighted by atomic mass is 16.3. The van der Waals surface area contributed by atoms with E-state index in [1.165, 1.54) is 25.7 Å². The Morgan fingerprint density at radius 1 is 1.56 bits per heavy atom. The van der Waals surface area contributed by atoms with E-state index in [0.29, 0.717) is 5.41 Å². The Balaban J connectivity index is 2.12. The molecule has 0 aliphatic heterocycles. The summed E-state index contributed by atoms with van der Waals surface area (Å²) in [5.74, 6) is 0. The van der Waals surface area contributed by atoms with Gasteiger partial charge in [0.05, 0.1) is 24.7 Å². The maximum Gasteiger partial charge on any atom is 0.0948 e. The number of aliphatic hydroxyl groups is 1. The van der Waals surface area contributed by atoms with Gasteiger partial charge in [0.25, 0.3) is 0 Å². The third kappa shape index (κ3) is 2.28. The van der Waals surface area contributed by atoms with Crippen LogP contribution in [0.2, 0.25) is 0 Å². The number of rotatable bonds is 4. The third-order valence-electron chi connectivity index (χ3n) is 3.68. The Morgan fingerprint density at radius 3 is 2.88 bits per heavy atom. The smallest absolute Gasteiger partial charge is 0.0948 e. The van der Waals surface area contributed by atoms with Gasteiger partial charge in [-0.1, -0.05) is 19.8 Å². The van der Waals surface area contributed by atoms with Crippen molar-refractivity contribution in [3.05, 3.63) is 18.2 Å². The van der Waals surface area contributed by atoms with Crippen molar-refractivity contribution in [1.82, 2.24) is 9.55 Å². The maximum atomic E-state index is 9.09. The van der Waals surface area contributed by atoms with E-state index < -0.39 is 0 Å². The molecule has 1 aliphatic carbocycles. The van der Waals surface area contributed by atoms with E-state index in [1.807, 2.05) is 6.33 Å². The molecule has 90 valence electrons. The molecule has 0 bridgehead atoms. The largest absolute Gasteiger partial charge is 0.394 e.